The number of halogens is 4. The van der Waals surface area contributed by atoms with Crippen LogP contribution in [0.25, 0.3) is 6.08 Å². The topological polar surface area (TPSA) is 66.5 Å². The number of hydrogen-bond acceptors (Lipinski definition) is 5. The Labute approximate surface area is 280 Å². The van der Waals surface area contributed by atoms with E-state index in [9.17, 15) is 18.0 Å². The number of nitrogens with zero attached hydrogens (tertiary/aromatic N) is 2. The summed E-state index contributed by atoms with van der Waals surface area (Å²) in [4.78, 5) is 21.2. The number of rotatable bonds is 11. The van der Waals surface area contributed by atoms with E-state index in [1.165, 1.54) is 3.57 Å². The van der Waals surface area contributed by atoms with Gasteiger partial charge in [-0.05, 0) is 103 Å². The Morgan fingerprint density at radius 3 is 2.74 bits per heavy atom. The highest BCUT2D eigenvalue weighted by Crippen LogP contribution is 2.58. The summed E-state index contributed by atoms with van der Waals surface area (Å²) < 4.78 is 49.1. The van der Waals surface area contributed by atoms with E-state index in [1.54, 1.807) is 7.11 Å². The van der Waals surface area contributed by atoms with Crippen LogP contribution in [0.1, 0.15) is 86.5 Å². The number of aromatic nitrogens is 1. The van der Waals surface area contributed by atoms with E-state index in [1.807, 2.05) is 18.2 Å². The Morgan fingerprint density at radius 1 is 1.15 bits per heavy atom. The maximum Gasteiger partial charge on any atom is 0.405 e. The van der Waals surface area contributed by atoms with Crippen molar-refractivity contribution < 1.29 is 22.7 Å². The predicted molar refractivity (Wildman–Crippen MR) is 185 cm³/mol. The number of unbranched alkanes of at least 4 members (excludes halogenated alkanes) is 1. The number of amides is 1. The lowest BCUT2D eigenvalue weighted by Gasteiger charge is -2.36. The molecule has 1 fully saturated rings. The molecule has 2 aliphatic carbocycles. The first kappa shape index (κ1) is 33.5. The summed E-state index contributed by atoms with van der Waals surface area (Å²) in [5.74, 6) is -0.0907. The van der Waals surface area contributed by atoms with Crippen LogP contribution in [0.4, 0.5) is 13.2 Å². The highest BCUT2D eigenvalue weighted by molar-refractivity contribution is 14.2. The number of carbonyl (C=O) groups is 1. The largest absolute Gasteiger partial charge is 0.405 e. The van der Waals surface area contributed by atoms with Gasteiger partial charge in [-0.15, -0.1) is 0 Å². The number of allylic oxidation sites excluding steroid dienone is 2. The van der Waals surface area contributed by atoms with Crippen LogP contribution in [-0.4, -0.2) is 65.3 Å². The molecule has 3 heterocycles. The standard InChI is InChI=1S/C36H44F3IN4O2/c1-24-9-7-12-28-32(24)26-10-3-4-11-27(26)35(28,34(45)41-23-36(37,38)39)18-5-6-20-44-21-16-25(17-22-44)42-33(46-2)31-15-14-29-30(43-31)13-8-19-40-29/h3-4,8,10-15,19,24-25,32-33,42H,5-7,9,16-18,20-23H2,1-2H3,(H,41,45). The fourth-order valence-corrected chi connectivity index (χ4v) is 9.71. The number of alkyl halides is 3. The second kappa shape index (κ2) is 14.4. The van der Waals surface area contributed by atoms with Gasteiger partial charge in [-0.1, -0.05) is 70.5 Å². The van der Waals surface area contributed by atoms with Crippen LogP contribution in [0.5, 0.6) is 0 Å². The second-order valence-electron chi connectivity index (χ2n) is 13.0. The molecular formula is C36H44F3IN4O2. The third-order valence-electron chi connectivity index (χ3n) is 10.1. The third kappa shape index (κ3) is 7.05. The molecule has 0 bridgehead atoms. The van der Waals surface area contributed by atoms with Gasteiger partial charge < -0.3 is 15.0 Å². The zero-order valence-corrected chi connectivity index (χ0v) is 28.7. The quantitative estimate of drug-likeness (QED) is 0.112. The van der Waals surface area contributed by atoms with Gasteiger partial charge in [0.15, 0.2) is 6.23 Å². The van der Waals surface area contributed by atoms with E-state index in [2.05, 4.69) is 62.9 Å². The molecule has 10 heteroatoms. The van der Waals surface area contributed by atoms with Crippen LogP contribution in [0.15, 0.2) is 54.1 Å². The Kier molecular flexibility index (Phi) is 10.5. The van der Waals surface area contributed by atoms with E-state index in [-0.39, 0.29) is 32.9 Å². The summed E-state index contributed by atoms with van der Waals surface area (Å²) in [5, 5.41) is 5.96. The lowest BCUT2D eigenvalue weighted by atomic mass is 9.68. The zero-order chi connectivity index (χ0) is 32.3. The lowest BCUT2D eigenvalue weighted by Crippen LogP contribution is -2.48. The first-order valence-electron chi connectivity index (χ1n) is 16.5. The van der Waals surface area contributed by atoms with E-state index in [0.717, 1.165) is 86.2 Å². The minimum atomic E-state index is -4.46. The molecule has 0 radical (unpaired) electrons. The maximum atomic E-state index is 13.9. The first-order chi connectivity index (χ1) is 22.2. The summed E-state index contributed by atoms with van der Waals surface area (Å²) in [6.07, 6.45) is 7.61. The zero-order valence-electron chi connectivity index (χ0n) is 26.6. The summed E-state index contributed by atoms with van der Waals surface area (Å²) >= 11 is -0.109. The molecule has 1 aromatic heterocycles. The smallest absolute Gasteiger partial charge is 0.361 e. The van der Waals surface area contributed by atoms with Gasteiger partial charge in [0.2, 0.25) is 5.91 Å². The molecule has 1 amide bonds. The number of pyridine rings is 1. The van der Waals surface area contributed by atoms with Crippen molar-refractivity contribution in [1.29, 1.82) is 0 Å². The number of methoxy groups -OCH3 is 1. The molecule has 248 valence electrons. The van der Waals surface area contributed by atoms with Crippen LogP contribution in [-0.2, 0) is 14.9 Å². The van der Waals surface area contributed by atoms with Gasteiger partial charge in [0.1, 0.15) is 6.54 Å². The summed E-state index contributed by atoms with van der Waals surface area (Å²) in [5.41, 5.74) is 3.92. The summed E-state index contributed by atoms with van der Waals surface area (Å²) in [6.45, 7) is 3.71. The summed E-state index contributed by atoms with van der Waals surface area (Å²) in [7, 11) is 1.72. The molecule has 46 heavy (non-hydrogen) atoms. The molecule has 4 atom stereocenters. The van der Waals surface area contributed by atoms with E-state index in [0.29, 0.717) is 18.4 Å². The fraction of sp³-hybridized carbons (Fsp3) is 0.528. The van der Waals surface area contributed by atoms with Crippen LogP contribution < -0.4 is 10.6 Å². The van der Waals surface area contributed by atoms with Gasteiger partial charge >= 0.3 is 6.18 Å². The predicted octanol–water partition coefficient (Wildman–Crippen LogP) is 6.99. The van der Waals surface area contributed by atoms with Crippen molar-refractivity contribution in [3.05, 3.63) is 80.2 Å². The van der Waals surface area contributed by atoms with Crippen molar-refractivity contribution >= 4 is 36.7 Å². The number of likely N-dealkylation sites (tertiary alicyclic amines) is 1. The minimum absolute atomic E-state index is 0.0805. The highest BCUT2D eigenvalue weighted by Gasteiger charge is 2.54. The molecule has 4 unspecified atom stereocenters. The molecule has 1 aromatic carbocycles. The average Bonchev–Trinajstić information content (AvgIpc) is 3.36. The molecule has 1 saturated heterocycles. The van der Waals surface area contributed by atoms with Gasteiger partial charge in [-0.2, -0.15) is 13.2 Å². The molecule has 2 aliphatic heterocycles. The van der Waals surface area contributed by atoms with E-state index >= 15 is 0 Å². The SMILES string of the molecule is COC(NC1CCN(CCCCC2(C(=O)NCC(F)(F)F)C3=CCCC(C)C3c3ccccc32)CC1)c1ccc2c(n1)C=CC=I2. The number of fused-ring (bicyclic) bond motifs is 4. The van der Waals surface area contributed by atoms with Crippen molar-refractivity contribution in [2.45, 2.75) is 81.6 Å². The summed E-state index contributed by atoms with van der Waals surface area (Å²) in [6, 6.07) is 12.5. The Hall–Kier alpha value is -2.41. The Balaban J connectivity index is 1.06. The van der Waals surface area contributed by atoms with E-state index < -0.39 is 24.0 Å². The molecule has 0 saturated carbocycles. The molecule has 0 spiro atoms. The lowest BCUT2D eigenvalue weighted by molar-refractivity contribution is -0.141. The maximum absolute atomic E-state index is 13.9. The van der Waals surface area contributed by atoms with Crippen LogP contribution in [0.3, 0.4) is 0 Å². The number of hydrogen-bond donors (Lipinski definition) is 2. The molecule has 2 aromatic rings. The normalized spacial score (nSPS) is 25.2. The first-order valence-corrected chi connectivity index (χ1v) is 18.8. The van der Waals surface area contributed by atoms with Crippen LogP contribution >= 0.6 is 20.7 Å². The Bertz CT molecular complexity index is 1500. The van der Waals surface area contributed by atoms with Gasteiger partial charge in [-0.25, -0.2) is 4.98 Å². The highest BCUT2D eigenvalue weighted by atomic mass is 127. The Morgan fingerprint density at radius 2 is 1.96 bits per heavy atom. The van der Waals surface area contributed by atoms with Gasteiger partial charge in [0.05, 0.1) is 16.8 Å². The molecular weight excluding hydrogens is 704 g/mol. The second-order valence-corrected chi connectivity index (χ2v) is 15.5. The third-order valence-corrected chi connectivity index (χ3v) is 12.5. The van der Waals surface area contributed by atoms with Crippen LogP contribution in [0, 0.1) is 9.49 Å². The van der Waals surface area contributed by atoms with Crippen molar-refractivity contribution in [3.63, 3.8) is 0 Å². The monoisotopic (exact) mass is 748 g/mol. The molecule has 4 aliphatic rings. The number of piperidine rings is 1. The molecule has 2 N–H and O–H groups in total. The number of carbonyl (C=O) groups excluding carboxylic acids is 1. The van der Waals surface area contributed by atoms with Crippen molar-refractivity contribution in [2.24, 2.45) is 5.92 Å². The fourth-order valence-electron chi connectivity index (χ4n) is 7.90. The van der Waals surface area contributed by atoms with Gasteiger partial charge in [-0.3, -0.25) is 10.1 Å². The van der Waals surface area contributed by atoms with Crippen molar-refractivity contribution in [2.75, 3.05) is 33.3 Å². The number of benzene rings is 1. The minimum Gasteiger partial charge on any atom is -0.361 e. The average molecular weight is 749 g/mol. The number of nitrogens with one attached hydrogen (secondary N) is 2. The van der Waals surface area contributed by atoms with E-state index in [4.69, 9.17) is 9.72 Å². The van der Waals surface area contributed by atoms with Gasteiger partial charge in [0, 0.05) is 22.6 Å². The van der Waals surface area contributed by atoms with Crippen molar-refractivity contribution in [3.8, 4) is 0 Å². The van der Waals surface area contributed by atoms with Crippen molar-refractivity contribution in [1.82, 2.24) is 20.5 Å². The molecule has 6 nitrogen and oxygen atoms in total. The van der Waals surface area contributed by atoms with Gasteiger partial charge in [0.25, 0.3) is 0 Å². The van der Waals surface area contributed by atoms with Crippen LogP contribution in [0.2, 0.25) is 0 Å². The molecule has 6 rings (SSSR count). The number of ether oxygens (including phenoxy) is 1.